The number of rotatable bonds is 6. The Labute approximate surface area is 168 Å². The van der Waals surface area contributed by atoms with Crippen LogP contribution >= 0.6 is 15.9 Å². The number of anilines is 1. The number of aromatic nitrogens is 2. The topological polar surface area (TPSA) is 90.4 Å². The molecule has 0 fully saturated rings. The Morgan fingerprint density at radius 2 is 1.75 bits per heavy atom. The molecule has 4 rings (SSSR count). The fourth-order valence-electron chi connectivity index (χ4n) is 2.41. The Hall–Kier alpha value is -3.39. The van der Waals surface area contributed by atoms with Crippen LogP contribution in [0.1, 0.15) is 0 Å². The Kier molecular flexibility index (Phi) is 5.20. The Bertz CT molecular complexity index is 1060. The molecule has 28 heavy (non-hydrogen) atoms. The summed E-state index contributed by atoms with van der Waals surface area (Å²) >= 11 is 3.35. The number of carbonyl (C=O) groups is 1. The molecule has 0 unspecified atom stereocenters. The quantitative estimate of drug-likeness (QED) is 0.464. The van der Waals surface area contributed by atoms with Gasteiger partial charge in [-0.25, -0.2) is 0 Å². The average Bonchev–Trinajstić information content (AvgIpc) is 3.40. The molecule has 0 radical (unpaired) electrons. The standard InChI is InChI=1S/C20H14BrN3O4/c21-14-5-9-16(10-6-14)27-12-18(25)22-15-7-3-13(4-8-15)19-23-24-20(28-19)17-2-1-11-26-17/h1-11H,12H2,(H,22,25). The summed E-state index contributed by atoms with van der Waals surface area (Å²) in [5.41, 5.74) is 1.37. The van der Waals surface area contributed by atoms with Crippen LogP contribution in [-0.4, -0.2) is 22.7 Å². The fourth-order valence-corrected chi connectivity index (χ4v) is 2.68. The lowest BCUT2D eigenvalue weighted by Gasteiger charge is -2.08. The van der Waals surface area contributed by atoms with Gasteiger partial charge in [-0.1, -0.05) is 15.9 Å². The molecule has 1 amide bonds. The SMILES string of the molecule is O=C(COc1ccc(Br)cc1)Nc1ccc(-c2nnc(-c3ccco3)o2)cc1. The summed E-state index contributed by atoms with van der Waals surface area (Å²) in [6.07, 6.45) is 1.54. The summed E-state index contributed by atoms with van der Waals surface area (Å²) in [6, 6.07) is 17.8. The highest BCUT2D eigenvalue weighted by atomic mass is 79.9. The zero-order valence-electron chi connectivity index (χ0n) is 14.5. The van der Waals surface area contributed by atoms with Crippen molar-refractivity contribution in [3.05, 3.63) is 71.4 Å². The van der Waals surface area contributed by atoms with Gasteiger partial charge in [0.15, 0.2) is 12.4 Å². The Morgan fingerprint density at radius 3 is 2.46 bits per heavy atom. The van der Waals surface area contributed by atoms with Crippen LogP contribution in [0.3, 0.4) is 0 Å². The fraction of sp³-hybridized carbons (Fsp3) is 0.0500. The van der Waals surface area contributed by atoms with Crippen molar-refractivity contribution in [2.75, 3.05) is 11.9 Å². The Balaban J connectivity index is 1.35. The zero-order valence-corrected chi connectivity index (χ0v) is 16.0. The van der Waals surface area contributed by atoms with Crippen LogP contribution in [0.15, 0.2) is 80.2 Å². The number of ether oxygens (including phenoxy) is 1. The van der Waals surface area contributed by atoms with Gasteiger partial charge in [-0.2, -0.15) is 0 Å². The molecule has 0 bridgehead atoms. The number of carbonyl (C=O) groups excluding carboxylic acids is 1. The van der Waals surface area contributed by atoms with E-state index in [1.807, 2.05) is 12.1 Å². The van der Waals surface area contributed by atoms with E-state index in [9.17, 15) is 4.79 Å². The van der Waals surface area contributed by atoms with Gasteiger partial charge < -0.3 is 18.9 Å². The van der Waals surface area contributed by atoms with E-state index < -0.39 is 0 Å². The molecule has 140 valence electrons. The van der Waals surface area contributed by atoms with Gasteiger partial charge in [-0.15, -0.1) is 10.2 Å². The van der Waals surface area contributed by atoms with Crippen LogP contribution in [-0.2, 0) is 4.79 Å². The molecular formula is C20H14BrN3O4. The lowest BCUT2D eigenvalue weighted by molar-refractivity contribution is -0.118. The second-order valence-electron chi connectivity index (χ2n) is 5.76. The summed E-state index contributed by atoms with van der Waals surface area (Å²) in [5.74, 6) is 1.55. The molecule has 0 aliphatic heterocycles. The van der Waals surface area contributed by atoms with Crippen molar-refractivity contribution in [3.8, 4) is 28.9 Å². The second kappa shape index (κ2) is 8.10. The van der Waals surface area contributed by atoms with E-state index in [-0.39, 0.29) is 12.5 Å². The minimum Gasteiger partial charge on any atom is -0.484 e. The lowest BCUT2D eigenvalue weighted by Crippen LogP contribution is -2.20. The van der Waals surface area contributed by atoms with Gasteiger partial charge in [0.1, 0.15) is 5.75 Å². The van der Waals surface area contributed by atoms with Crippen LogP contribution < -0.4 is 10.1 Å². The van der Waals surface area contributed by atoms with E-state index in [0.717, 1.165) is 10.0 Å². The molecule has 0 aliphatic rings. The highest BCUT2D eigenvalue weighted by molar-refractivity contribution is 9.10. The largest absolute Gasteiger partial charge is 0.484 e. The first-order valence-corrected chi connectivity index (χ1v) is 9.13. The summed E-state index contributed by atoms with van der Waals surface area (Å²) in [4.78, 5) is 12.0. The molecule has 2 aromatic carbocycles. The van der Waals surface area contributed by atoms with Crippen molar-refractivity contribution in [2.24, 2.45) is 0 Å². The second-order valence-corrected chi connectivity index (χ2v) is 6.67. The first-order chi connectivity index (χ1) is 13.7. The first-order valence-electron chi connectivity index (χ1n) is 8.33. The van der Waals surface area contributed by atoms with Crippen molar-refractivity contribution in [2.45, 2.75) is 0 Å². The molecule has 0 saturated heterocycles. The maximum Gasteiger partial charge on any atom is 0.283 e. The van der Waals surface area contributed by atoms with Crippen LogP contribution in [0.5, 0.6) is 5.75 Å². The van der Waals surface area contributed by atoms with E-state index in [4.69, 9.17) is 13.6 Å². The minimum absolute atomic E-state index is 0.0838. The summed E-state index contributed by atoms with van der Waals surface area (Å²) in [5, 5.41) is 10.8. The number of hydrogen-bond donors (Lipinski definition) is 1. The number of furan rings is 1. The number of hydrogen-bond acceptors (Lipinski definition) is 6. The summed E-state index contributed by atoms with van der Waals surface area (Å²) < 4.78 is 17.2. The highest BCUT2D eigenvalue weighted by Crippen LogP contribution is 2.25. The zero-order chi connectivity index (χ0) is 19.3. The van der Waals surface area contributed by atoms with Gasteiger partial charge in [0.25, 0.3) is 11.8 Å². The van der Waals surface area contributed by atoms with E-state index in [1.54, 1.807) is 48.5 Å². The van der Waals surface area contributed by atoms with Crippen LogP contribution in [0.4, 0.5) is 5.69 Å². The van der Waals surface area contributed by atoms with Crippen molar-refractivity contribution in [1.29, 1.82) is 0 Å². The molecule has 4 aromatic rings. The maximum absolute atomic E-state index is 12.0. The van der Waals surface area contributed by atoms with Gasteiger partial charge in [0.2, 0.25) is 5.89 Å². The number of amides is 1. The average molecular weight is 440 g/mol. The highest BCUT2D eigenvalue weighted by Gasteiger charge is 2.12. The van der Waals surface area contributed by atoms with Crippen LogP contribution in [0.25, 0.3) is 23.1 Å². The van der Waals surface area contributed by atoms with E-state index in [0.29, 0.717) is 29.0 Å². The van der Waals surface area contributed by atoms with Crippen molar-refractivity contribution in [1.82, 2.24) is 10.2 Å². The van der Waals surface area contributed by atoms with Crippen LogP contribution in [0, 0.1) is 0 Å². The van der Waals surface area contributed by atoms with Crippen LogP contribution in [0.2, 0.25) is 0 Å². The van der Waals surface area contributed by atoms with E-state index in [2.05, 4.69) is 31.4 Å². The maximum atomic E-state index is 12.0. The van der Waals surface area contributed by atoms with Gasteiger partial charge in [0, 0.05) is 15.7 Å². The molecule has 0 spiro atoms. The molecule has 1 N–H and O–H groups in total. The third-order valence-electron chi connectivity index (χ3n) is 3.76. The smallest absolute Gasteiger partial charge is 0.283 e. The van der Waals surface area contributed by atoms with Crippen molar-refractivity contribution >= 4 is 27.5 Å². The number of nitrogens with one attached hydrogen (secondary N) is 1. The van der Waals surface area contributed by atoms with Gasteiger partial charge >= 0.3 is 0 Å². The normalized spacial score (nSPS) is 10.6. The van der Waals surface area contributed by atoms with Gasteiger partial charge in [0.05, 0.1) is 6.26 Å². The van der Waals surface area contributed by atoms with Gasteiger partial charge in [-0.05, 0) is 60.7 Å². The summed E-state index contributed by atoms with van der Waals surface area (Å²) in [7, 11) is 0. The molecule has 2 aromatic heterocycles. The number of benzene rings is 2. The third kappa shape index (κ3) is 4.29. The molecule has 0 saturated carbocycles. The van der Waals surface area contributed by atoms with Crippen molar-refractivity contribution < 1.29 is 18.4 Å². The first kappa shape index (κ1) is 18.0. The van der Waals surface area contributed by atoms with Crippen molar-refractivity contribution in [3.63, 3.8) is 0 Å². The number of halogens is 1. The molecular weight excluding hydrogens is 426 g/mol. The molecule has 2 heterocycles. The lowest BCUT2D eigenvalue weighted by atomic mass is 10.2. The van der Waals surface area contributed by atoms with Gasteiger partial charge in [-0.3, -0.25) is 4.79 Å². The third-order valence-corrected chi connectivity index (χ3v) is 4.28. The molecule has 0 aliphatic carbocycles. The molecule has 0 atom stereocenters. The van der Waals surface area contributed by atoms with E-state index in [1.165, 1.54) is 6.26 Å². The molecule has 8 heteroatoms. The Morgan fingerprint density at radius 1 is 1.00 bits per heavy atom. The monoisotopic (exact) mass is 439 g/mol. The predicted octanol–water partition coefficient (Wildman–Crippen LogP) is 4.78. The molecule has 7 nitrogen and oxygen atoms in total. The predicted molar refractivity (Wildman–Crippen MR) is 106 cm³/mol. The summed E-state index contributed by atoms with van der Waals surface area (Å²) in [6.45, 7) is -0.0838. The number of nitrogens with zero attached hydrogens (tertiary/aromatic N) is 2. The van der Waals surface area contributed by atoms with E-state index >= 15 is 0 Å². The minimum atomic E-state index is -0.256.